The molecule has 110 valence electrons. The fourth-order valence-corrected chi connectivity index (χ4v) is 4.49. The SMILES string of the molecule is CCCNC(Cc1ccc(F)c(Br)c1)C1C2CCCC21. The lowest BCUT2D eigenvalue weighted by Gasteiger charge is -2.21. The lowest BCUT2D eigenvalue weighted by Crippen LogP contribution is -2.35. The highest BCUT2D eigenvalue weighted by Crippen LogP contribution is 2.59. The Balaban J connectivity index is 1.67. The first-order chi connectivity index (χ1) is 9.70. The van der Waals surface area contributed by atoms with Gasteiger partial charge in [-0.25, -0.2) is 4.39 Å². The molecule has 0 aromatic heterocycles. The van der Waals surface area contributed by atoms with Gasteiger partial charge in [0, 0.05) is 6.04 Å². The van der Waals surface area contributed by atoms with Crippen molar-refractivity contribution in [1.29, 1.82) is 0 Å². The third-order valence-corrected chi connectivity index (χ3v) is 5.64. The van der Waals surface area contributed by atoms with Crippen LogP contribution < -0.4 is 5.32 Å². The summed E-state index contributed by atoms with van der Waals surface area (Å²) < 4.78 is 13.9. The van der Waals surface area contributed by atoms with E-state index in [1.54, 1.807) is 6.07 Å². The Morgan fingerprint density at radius 3 is 2.75 bits per heavy atom. The van der Waals surface area contributed by atoms with Crippen molar-refractivity contribution in [3.05, 3.63) is 34.1 Å². The fraction of sp³-hybridized carbons (Fsp3) is 0.647. The van der Waals surface area contributed by atoms with Gasteiger partial charge >= 0.3 is 0 Å². The molecule has 2 saturated carbocycles. The average molecular weight is 340 g/mol. The summed E-state index contributed by atoms with van der Waals surface area (Å²) in [5, 5.41) is 3.73. The fourth-order valence-electron chi connectivity index (χ4n) is 4.07. The largest absolute Gasteiger partial charge is 0.313 e. The molecule has 1 aromatic rings. The second-order valence-corrected chi connectivity index (χ2v) is 7.20. The Morgan fingerprint density at radius 1 is 1.35 bits per heavy atom. The van der Waals surface area contributed by atoms with Crippen LogP contribution in [0.3, 0.4) is 0 Å². The third kappa shape index (κ3) is 2.94. The predicted molar refractivity (Wildman–Crippen MR) is 84.2 cm³/mol. The Bertz CT molecular complexity index is 466. The Morgan fingerprint density at radius 2 is 2.10 bits per heavy atom. The summed E-state index contributed by atoms with van der Waals surface area (Å²) in [4.78, 5) is 0. The zero-order valence-corrected chi connectivity index (χ0v) is 13.6. The maximum Gasteiger partial charge on any atom is 0.137 e. The monoisotopic (exact) mass is 339 g/mol. The van der Waals surface area contributed by atoms with Gasteiger partial charge in [0.1, 0.15) is 5.82 Å². The summed E-state index contributed by atoms with van der Waals surface area (Å²) in [6, 6.07) is 6.01. The first-order valence-corrected chi connectivity index (χ1v) is 8.67. The van der Waals surface area contributed by atoms with Crippen molar-refractivity contribution < 1.29 is 4.39 Å². The van der Waals surface area contributed by atoms with Gasteiger partial charge < -0.3 is 5.32 Å². The zero-order valence-electron chi connectivity index (χ0n) is 12.0. The van der Waals surface area contributed by atoms with Crippen LogP contribution in [0, 0.1) is 23.6 Å². The molecule has 1 nitrogen and oxygen atoms in total. The molecule has 0 radical (unpaired) electrons. The van der Waals surface area contributed by atoms with Crippen molar-refractivity contribution in [2.45, 2.75) is 45.1 Å². The van der Waals surface area contributed by atoms with Crippen LogP contribution in [0.4, 0.5) is 4.39 Å². The van der Waals surface area contributed by atoms with Crippen LogP contribution >= 0.6 is 15.9 Å². The van der Waals surface area contributed by atoms with Crippen LogP contribution in [0.15, 0.2) is 22.7 Å². The van der Waals surface area contributed by atoms with E-state index in [-0.39, 0.29) is 5.82 Å². The van der Waals surface area contributed by atoms with Crippen molar-refractivity contribution in [2.24, 2.45) is 17.8 Å². The maximum atomic E-state index is 13.3. The van der Waals surface area contributed by atoms with Gasteiger partial charge in [0.05, 0.1) is 4.47 Å². The molecule has 3 unspecified atom stereocenters. The molecular weight excluding hydrogens is 317 g/mol. The van der Waals surface area contributed by atoms with Gasteiger partial charge in [0.15, 0.2) is 0 Å². The molecule has 0 aliphatic heterocycles. The predicted octanol–water partition coefficient (Wildman–Crippen LogP) is 4.55. The Kier molecular flexibility index (Phi) is 4.46. The zero-order chi connectivity index (χ0) is 14.1. The van der Waals surface area contributed by atoms with Crippen LogP contribution in [0.1, 0.15) is 38.2 Å². The molecule has 2 fully saturated rings. The van der Waals surface area contributed by atoms with Crippen LogP contribution in [0.2, 0.25) is 0 Å². The molecule has 0 heterocycles. The van der Waals surface area contributed by atoms with Crippen LogP contribution in [-0.2, 0) is 6.42 Å². The Hall–Kier alpha value is -0.410. The molecular formula is C17H23BrFN. The van der Waals surface area contributed by atoms with E-state index in [1.165, 1.54) is 31.2 Å². The normalized spacial score (nSPS) is 29.2. The van der Waals surface area contributed by atoms with E-state index in [0.717, 1.165) is 30.7 Å². The number of benzene rings is 1. The second-order valence-electron chi connectivity index (χ2n) is 6.35. The summed E-state index contributed by atoms with van der Waals surface area (Å²) in [6.45, 7) is 3.30. The molecule has 3 rings (SSSR count). The number of hydrogen-bond acceptors (Lipinski definition) is 1. The summed E-state index contributed by atoms with van der Waals surface area (Å²) in [5.74, 6) is 2.62. The standard InChI is InChI=1S/C17H23BrFN/c1-2-8-20-16(17-12-4-3-5-13(12)17)10-11-6-7-15(19)14(18)9-11/h6-7,9,12-13,16-17,20H,2-5,8,10H2,1H3. The summed E-state index contributed by atoms with van der Waals surface area (Å²) in [7, 11) is 0. The van der Waals surface area contributed by atoms with E-state index in [2.05, 4.69) is 28.2 Å². The van der Waals surface area contributed by atoms with E-state index >= 15 is 0 Å². The van der Waals surface area contributed by atoms with Crippen molar-refractivity contribution in [1.82, 2.24) is 5.32 Å². The van der Waals surface area contributed by atoms with Gasteiger partial charge in [0.2, 0.25) is 0 Å². The van der Waals surface area contributed by atoms with Crippen molar-refractivity contribution in [3.8, 4) is 0 Å². The molecule has 2 aliphatic carbocycles. The molecule has 20 heavy (non-hydrogen) atoms. The average Bonchev–Trinajstić information content (AvgIpc) is 2.91. The summed E-state index contributed by atoms with van der Waals surface area (Å²) >= 11 is 3.29. The number of fused-ring (bicyclic) bond motifs is 1. The molecule has 0 saturated heterocycles. The quantitative estimate of drug-likeness (QED) is 0.801. The Labute approximate surface area is 129 Å². The lowest BCUT2D eigenvalue weighted by atomic mass is 9.97. The van der Waals surface area contributed by atoms with Crippen molar-refractivity contribution in [3.63, 3.8) is 0 Å². The van der Waals surface area contributed by atoms with Crippen LogP contribution in [0.25, 0.3) is 0 Å². The van der Waals surface area contributed by atoms with Crippen molar-refractivity contribution in [2.75, 3.05) is 6.54 Å². The first-order valence-electron chi connectivity index (χ1n) is 7.88. The molecule has 3 atom stereocenters. The highest BCUT2D eigenvalue weighted by Gasteiger charge is 2.55. The second kappa shape index (κ2) is 6.15. The van der Waals surface area contributed by atoms with Crippen molar-refractivity contribution >= 4 is 15.9 Å². The minimum absolute atomic E-state index is 0.171. The minimum atomic E-state index is -0.171. The van der Waals surface area contributed by atoms with Gasteiger partial charge in [-0.15, -0.1) is 0 Å². The van der Waals surface area contributed by atoms with Gasteiger partial charge in [-0.1, -0.05) is 19.4 Å². The smallest absolute Gasteiger partial charge is 0.137 e. The minimum Gasteiger partial charge on any atom is -0.313 e. The highest BCUT2D eigenvalue weighted by molar-refractivity contribution is 9.10. The first kappa shape index (κ1) is 14.5. The van der Waals surface area contributed by atoms with E-state index in [1.807, 2.05) is 12.1 Å². The molecule has 0 bridgehead atoms. The number of hydrogen-bond donors (Lipinski definition) is 1. The van der Waals surface area contributed by atoms with Gasteiger partial charge in [-0.3, -0.25) is 0 Å². The van der Waals surface area contributed by atoms with Gasteiger partial charge in [-0.05, 0) is 83.6 Å². The maximum absolute atomic E-state index is 13.3. The number of nitrogens with one attached hydrogen (secondary N) is 1. The van der Waals surface area contributed by atoms with Gasteiger partial charge in [0.25, 0.3) is 0 Å². The highest BCUT2D eigenvalue weighted by atomic mass is 79.9. The lowest BCUT2D eigenvalue weighted by molar-refractivity contribution is 0.403. The molecule has 1 aromatic carbocycles. The van der Waals surface area contributed by atoms with E-state index in [9.17, 15) is 4.39 Å². The summed E-state index contributed by atoms with van der Waals surface area (Å²) in [6.07, 6.45) is 6.47. The number of rotatable bonds is 6. The molecule has 3 heteroatoms. The molecule has 1 N–H and O–H groups in total. The van der Waals surface area contributed by atoms with Crippen LogP contribution in [-0.4, -0.2) is 12.6 Å². The number of halogens is 2. The molecule has 0 spiro atoms. The van der Waals surface area contributed by atoms with E-state index in [4.69, 9.17) is 0 Å². The summed E-state index contributed by atoms with van der Waals surface area (Å²) in [5.41, 5.74) is 1.23. The molecule has 0 amide bonds. The molecule has 2 aliphatic rings. The van der Waals surface area contributed by atoms with Gasteiger partial charge in [-0.2, -0.15) is 0 Å². The van der Waals surface area contributed by atoms with E-state index in [0.29, 0.717) is 10.5 Å². The topological polar surface area (TPSA) is 12.0 Å². The van der Waals surface area contributed by atoms with E-state index < -0.39 is 0 Å². The van der Waals surface area contributed by atoms with Crippen LogP contribution in [0.5, 0.6) is 0 Å². The third-order valence-electron chi connectivity index (χ3n) is 5.03.